The van der Waals surface area contributed by atoms with Crippen LogP contribution in [0.25, 0.3) is 20.7 Å². The Bertz CT molecular complexity index is 1060. The van der Waals surface area contributed by atoms with E-state index in [1.165, 1.54) is 30.6 Å². The molecule has 4 aromatic rings. The normalized spacial score (nSPS) is 11.5. The summed E-state index contributed by atoms with van der Waals surface area (Å²) in [6.07, 6.45) is -3.26. The molecule has 0 saturated carbocycles. The Morgan fingerprint density at radius 1 is 0.926 bits per heavy atom. The van der Waals surface area contributed by atoms with Crippen LogP contribution >= 0.6 is 11.3 Å². The lowest BCUT2D eigenvalue weighted by Crippen LogP contribution is -2.16. The van der Waals surface area contributed by atoms with E-state index >= 15 is 0 Å². The summed E-state index contributed by atoms with van der Waals surface area (Å²) < 4.78 is 41.5. The van der Waals surface area contributed by atoms with Crippen LogP contribution in [0.2, 0.25) is 0 Å². The second kappa shape index (κ2) is 6.88. The van der Waals surface area contributed by atoms with Gasteiger partial charge in [-0.25, -0.2) is 9.97 Å². The van der Waals surface area contributed by atoms with E-state index in [4.69, 9.17) is 0 Å². The van der Waals surface area contributed by atoms with Crippen molar-refractivity contribution in [1.82, 2.24) is 9.97 Å². The van der Waals surface area contributed by atoms with Gasteiger partial charge in [-0.3, -0.25) is 0 Å². The van der Waals surface area contributed by atoms with Gasteiger partial charge in [0.2, 0.25) is 0 Å². The van der Waals surface area contributed by atoms with Gasteiger partial charge < -0.3 is 10.1 Å². The Kier molecular flexibility index (Phi) is 4.41. The zero-order valence-corrected chi connectivity index (χ0v) is 14.5. The molecule has 0 spiro atoms. The predicted molar refractivity (Wildman–Crippen MR) is 99.3 cm³/mol. The molecule has 2 heterocycles. The third-order valence-electron chi connectivity index (χ3n) is 3.72. The second-order valence-corrected chi connectivity index (χ2v) is 6.66. The quantitative estimate of drug-likeness (QED) is 0.466. The molecular formula is C19H12F3N3OS. The highest BCUT2D eigenvalue weighted by molar-refractivity contribution is 7.22. The van der Waals surface area contributed by atoms with Crippen molar-refractivity contribution >= 4 is 33.1 Å². The van der Waals surface area contributed by atoms with Crippen LogP contribution in [0, 0.1) is 0 Å². The van der Waals surface area contributed by atoms with Gasteiger partial charge in [0, 0.05) is 10.6 Å². The van der Waals surface area contributed by atoms with Crippen LogP contribution in [0.5, 0.6) is 5.75 Å². The van der Waals surface area contributed by atoms with E-state index < -0.39 is 6.36 Å². The highest BCUT2D eigenvalue weighted by Gasteiger charge is 2.30. The van der Waals surface area contributed by atoms with Crippen molar-refractivity contribution in [3.05, 3.63) is 67.0 Å². The van der Waals surface area contributed by atoms with E-state index in [1.54, 1.807) is 11.3 Å². The zero-order valence-electron chi connectivity index (χ0n) is 13.7. The molecule has 1 N–H and O–H groups in total. The number of nitrogens with zero attached hydrogens (tertiary/aromatic N) is 2. The molecule has 136 valence electrons. The molecule has 27 heavy (non-hydrogen) atoms. The Balaban J connectivity index is 1.61. The molecule has 0 atom stereocenters. The maximum absolute atomic E-state index is 12.3. The first-order valence-corrected chi connectivity index (χ1v) is 8.72. The number of hydrogen-bond acceptors (Lipinski definition) is 5. The molecule has 2 aromatic carbocycles. The lowest BCUT2D eigenvalue weighted by molar-refractivity contribution is -0.274. The number of aromatic nitrogens is 2. The predicted octanol–water partition coefficient (Wildman–Crippen LogP) is 6.00. The summed E-state index contributed by atoms with van der Waals surface area (Å²) >= 11 is 1.55. The van der Waals surface area contributed by atoms with Crippen LogP contribution in [0.3, 0.4) is 0 Å². The lowest BCUT2D eigenvalue weighted by atomic mass is 10.2. The number of ether oxygens (including phenoxy) is 1. The van der Waals surface area contributed by atoms with Crippen molar-refractivity contribution in [1.29, 1.82) is 0 Å². The van der Waals surface area contributed by atoms with Gasteiger partial charge >= 0.3 is 6.36 Å². The summed E-state index contributed by atoms with van der Waals surface area (Å²) in [6.45, 7) is 0. The molecule has 0 radical (unpaired) electrons. The Morgan fingerprint density at radius 3 is 2.37 bits per heavy atom. The minimum absolute atomic E-state index is 0.275. The molecule has 0 aliphatic rings. The van der Waals surface area contributed by atoms with Gasteiger partial charge in [0.1, 0.15) is 12.1 Å². The number of hydrogen-bond donors (Lipinski definition) is 1. The van der Waals surface area contributed by atoms with Crippen molar-refractivity contribution < 1.29 is 17.9 Å². The summed E-state index contributed by atoms with van der Waals surface area (Å²) in [6, 6.07) is 17.4. The first-order valence-electron chi connectivity index (χ1n) is 7.91. The average Bonchev–Trinajstić information content (AvgIpc) is 3.08. The molecule has 4 rings (SSSR count). The van der Waals surface area contributed by atoms with Gasteiger partial charge in [0.25, 0.3) is 0 Å². The van der Waals surface area contributed by atoms with Gasteiger partial charge in [-0.2, -0.15) is 0 Å². The van der Waals surface area contributed by atoms with E-state index in [2.05, 4.69) is 20.0 Å². The molecule has 0 fully saturated rings. The maximum Gasteiger partial charge on any atom is 0.573 e. The fourth-order valence-corrected chi connectivity index (χ4v) is 3.63. The SMILES string of the molecule is FC(F)(F)Oc1ccc(Nc2ncnc3cc(-c4ccccc4)sc23)cc1. The highest BCUT2D eigenvalue weighted by Crippen LogP contribution is 2.36. The van der Waals surface area contributed by atoms with Crippen molar-refractivity contribution in [3.8, 4) is 16.2 Å². The smallest absolute Gasteiger partial charge is 0.406 e. The van der Waals surface area contributed by atoms with Gasteiger partial charge in [-0.05, 0) is 35.9 Å². The molecule has 0 aliphatic heterocycles. The summed E-state index contributed by atoms with van der Waals surface area (Å²) in [4.78, 5) is 9.62. The number of benzene rings is 2. The zero-order chi connectivity index (χ0) is 18.9. The number of anilines is 2. The average molecular weight is 387 g/mol. The monoisotopic (exact) mass is 387 g/mol. The van der Waals surface area contributed by atoms with Gasteiger partial charge in [0.15, 0.2) is 5.82 Å². The van der Waals surface area contributed by atoms with E-state index in [9.17, 15) is 13.2 Å². The molecule has 8 heteroatoms. The standard InChI is InChI=1S/C19H12F3N3OS/c20-19(21,22)26-14-8-6-13(7-9-14)25-18-17-15(23-11-24-18)10-16(27-17)12-4-2-1-3-5-12/h1-11H,(H,23,24,25). The van der Waals surface area contributed by atoms with E-state index in [0.717, 1.165) is 20.7 Å². The molecule has 0 saturated heterocycles. The number of nitrogens with one attached hydrogen (secondary N) is 1. The molecular weight excluding hydrogens is 375 g/mol. The van der Waals surface area contributed by atoms with Crippen LogP contribution in [0.15, 0.2) is 67.0 Å². The summed E-state index contributed by atoms with van der Waals surface area (Å²) in [7, 11) is 0. The first kappa shape index (κ1) is 17.3. The molecule has 0 aliphatic carbocycles. The Morgan fingerprint density at radius 2 is 1.67 bits per heavy atom. The van der Waals surface area contributed by atoms with Crippen LogP contribution in [0.4, 0.5) is 24.7 Å². The van der Waals surface area contributed by atoms with Crippen LogP contribution < -0.4 is 10.1 Å². The third kappa shape index (κ3) is 4.01. The molecule has 2 aromatic heterocycles. The van der Waals surface area contributed by atoms with Crippen molar-refractivity contribution in [2.24, 2.45) is 0 Å². The molecule has 0 amide bonds. The minimum atomic E-state index is -4.71. The Labute approximate surface area is 156 Å². The third-order valence-corrected chi connectivity index (χ3v) is 4.90. The second-order valence-electron chi connectivity index (χ2n) is 5.61. The number of alkyl halides is 3. The van der Waals surface area contributed by atoms with E-state index in [-0.39, 0.29) is 5.75 Å². The number of fused-ring (bicyclic) bond motifs is 1. The fourth-order valence-electron chi connectivity index (χ4n) is 2.56. The highest BCUT2D eigenvalue weighted by atomic mass is 32.1. The van der Waals surface area contributed by atoms with Gasteiger partial charge in [0.05, 0.1) is 10.2 Å². The number of rotatable bonds is 4. The van der Waals surface area contributed by atoms with Gasteiger partial charge in [-0.15, -0.1) is 24.5 Å². The number of halogens is 3. The molecule has 0 bridgehead atoms. The van der Waals surface area contributed by atoms with Crippen molar-refractivity contribution in [2.75, 3.05) is 5.32 Å². The van der Waals surface area contributed by atoms with Crippen molar-refractivity contribution in [2.45, 2.75) is 6.36 Å². The summed E-state index contributed by atoms with van der Waals surface area (Å²) in [5.41, 5.74) is 2.48. The first-order chi connectivity index (χ1) is 13.0. The molecule has 0 unspecified atom stereocenters. The molecule has 4 nitrogen and oxygen atoms in total. The van der Waals surface area contributed by atoms with E-state index in [0.29, 0.717) is 11.5 Å². The van der Waals surface area contributed by atoms with E-state index in [1.807, 2.05) is 36.4 Å². The van der Waals surface area contributed by atoms with Crippen LogP contribution in [-0.2, 0) is 0 Å². The summed E-state index contributed by atoms with van der Waals surface area (Å²) in [5.74, 6) is 0.319. The maximum atomic E-state index is 12.3. The van der Waals surface area contributed by atoms with Crippen LogP contribution in [0.1, 0.15) is 0 Å². The van der Waals surface area contributed by atoms with Gasteiger partial charge in [-0.1, -0.05) is 30.3 Å². The Hall–Kier alpha value is -3.13. The summed E-state index contributed by atoms with van der Waals surface area (Å²) in [5, 5.41) is 3.12. The minimum Gasteiger partial charge on any atom is -0.406 e. The number of thiophene rings is 1. The van der Waals surface area contributed by atoms with Crippen LogP contribution in [-0.4, -0.2) is 16.3 Å². The van der Waals surface area contributed by atoms with Crippen molar-refractivity contribution in [3.63, 3.8) is 0 Å². The fraction of sp³-hybridized carbons (Fsp3) is 0.0526. The largest absolute Gasteiger partial charge is 0.573 e. The topological polar surface area (TPSA) is 47.0 Å². The lowest BCUT2D eigenvalue weighted by Gasteiger charge is -2.10.